The molecule has 0 spiro atoms. The van der Waals surface area contributed by atoms with Gasteiger partial charge < -0.3 is 15.6 Å². The van der Waals surface area contributed by atoms with Gasteiger partial charge in [0, 0.05) is 19.1 Å². The Balaban J connectivity index is 2.24. The molecule has 70 valence electrons. The first-order valence-electron chi connectivity index (χ1n) is 4.25. The van der Waals surface area contributed by atoms with Gasteiger partial charge in [0.1, 0.15) is 0 Å². The van der Waals surface area contributed by atoms with E-state index < -0.39 is 5.97 Å². The van der Waals surface area contributed by atoms with E-state index in [1.54, 1.807) is 0 Å². The molecular weight excluding hydrogens is 158 g/mol. The summed E-state index contributed by atoms with van der Waals surface area (Å²) >= 11 is 0. The number of aliphatic carboxylic acids is 1. The summed E-state index contributed by atoms with van der Waals surface area (Å²) in [7, 11) is 0. The fourth-order valence-corrected chi connectivity index (χ4v) is 1.42. The largest absolute Gasteiger partial charge is 0.481 e. The van der Waals surface area contributed by atoms with Crippen molar-refractivity contribution in [3.8, 4) is 0 Å². The van der Waals surface area contributed by atoms with Gasteiger partial charge in [0.05, 0.1) is 6.61 Å². The van der Waals surface area contributed by atoms with Gasteiger partial charge in [0.2, 0.25) is 0 Å². The number of carbonyl (C=O) groups is 1. The molecule has 0 amide bonds. The van der Waals surface area contributed by atoms with E-state index in [4.69, 9.17) is 15.6 Å². The van der Waals surface area contributed by atoms with Crippen LogP contribution < -0.4 is 5.73 Å². The molecule has 1 saturated heterocycles. The van der Waals surface area contributed by atoms with E-state index >= 15 is 0 Å². The van der Waals surface area contributed by atoms with Crippen LogP contribution in [0.15, 0.2) is 0 Å². The fourth-order valence-electron chi connectivity index (χ4n) is 1.42. The van der Waals surface area contributed by atoms with Crippen molar-refractivity contribution in [3.05, 3.63) is 0 Å². The Kier molecular flexibility index (Phi) is 3.49. The number of carboxylic acids is 1. The molecule has 0 saturated carbocycles. The second-order valence-corrected chi connectivity index (χ2v) is 3.22. The standard InChI is InChI=1S/C8H15NO3/c9-7-3-4-12-5-6(7)1-2-8(10)11/h6-7H,1-5,9H2,(H,10,11)/t6-,7+/m0/s1. The van der Waals surface area contributed by atoms with Gasteiger partial charge in [0.25, 0.3) is 0 Å². The van der Waals surface area contributed by atoms with E-state index in [-0.39, 0.29) is 18.4 Å². The molecule has 1 heterocycles. The summed E-state index contributed by atoms with van der Waals surface area (Å²) in [4.78, 5) is 10.3. The van der Waals surface area contributed by atoms with Crippen LogP contribution in [0.4, 0.5) is 0 Å². The van der Waals surface area contributed by atoms with Crippen molar-refractivity contribution < 1.29 is 14.6 Å². The van der Waals surface area contributed by atoms with Crippen LogP contribution in [-0.2, 0) is 9.53 Å². The molecule has 1 aliphatic rings. The zero-order valence-electron chi connectivity index (χ0n) is 7.03. The maximum atomic E-state index is 10.3. The highest BCUT2D eigenvalue weighted by atomic mass is 16.5. The molecule has 1 fully saturated rings. The van der Waals surface area contributed by atoms with Crippen molar-refractivity contribution >= 4 is 5.97 Å². The summed E-state index contributed by atoms with van der Waals surface area (Å²) in [6, 6.07) is 0.123. The Bertz CT molecular complexity index is 160. The van der Waals surface area contributed by atoms with Gasteiger partial charge in [0.15, 0.2) is 0 Å². The molecule has 0 bridgehead atoms. The molecule has 2 atom stereocenters. The van der Waals surface area contributed by atoms with Gasteiger partial charge in [-0.05, 0) is 18.8 Å². The van der Waals surface area contributed by atoms with Gasteiger partial charge in [-0.25, -0.2) is 0 Å². The Morgan fingerprint density at radius 1 is 1.67 bits per heavy atom. The van der Waals surface area contributed by atoms with E-state index in [1.807, 2.05) is 0 Å². The first-order valence-corrected chi connectivity index (χ1v) is 4.25. The summed E-state index contributed by atoms with van der Waals surface area (Å²) in [5, 5.41) is 8.45. The van der Waals surface area contributed by atoms with Gasteiger partial charge in [-0.1, -0.05) is 0 Å². The molecule has 12 heavy (non-hydrogen) atoms. The summed E-state index contributed by atoms with van der Waals surface area (Å²) in [6.07, 6.45) is 1.68. The molecular formula is C8H15NO3. The number of hydrogen-bond donors (Lipinski definition) is 2. The quantitative estimate of drug-likeness (QED) is 0.640. The summed E-state index contributed by atoms with van der Waals surface area (Å²) < 4.78 is 5.21. The minimum absolute atomic E-state index is 0.123. The third kappa shape index (κ3) is 2.79. The van der Waals surface area contributed by atoms with Gasteiger partial charge in [-0.2, -0.15) is 0 Å². The molecule has 0 radical (unpaired) electrons. The number of hydrogen-bond acceptors (Lipinski definition) is 3. The fraction of sp³-hybridized carbons (Fsp3) is 0.875. The minimum atomic E-state index is -0.757. The highest BCUT2D eigenvalue weighted by molar-refractivity contribution is 5.66. The molecule has 0 aromatic carbocycles. The smallest absolute Gasteiger partial charge is 0.303 e. The van der Waals surface area contributed by atoms with Crippen molar-refractivity contribution in [1.29, 1.82) is 0 Å². The average Bonchev–Trinajstić information content (AvgIpc) is 2.03. The zero-order valence-corrected chi connectivity index (χ0v) is 7.03. The Morgan fingerprint density at radius 2 is 2.42 bits per heavy atom. The molecule has 1 rings (SSSR count). The van der Waals surface area contributed by atoms with Gasteiger partial charge in [-0.15, -0.1) is 0 Å². The second-order valence-electron chi connectivity index (χ2n) is 3.22. The normalized spacial score (nSPS) is 30.1. The Hall–Kier alpha value is -0.610. The van der Waals surface area contributed by atoms with Crippen LogP contribution in [0.2, 0.25) is 0 Å². The molecule has 0 aliphatic carbocycles. The number of nitrogens with two attached hydrogens (primary N) is 1. The van der Waals surface area contributed by atoms with Crippen LogP contribution in [-0.4, -0.2) is 30.3 Å². The minimum Gasteiger partial charge on any atom is -0.481 e. The number of carboxylic acid groups (broad SMARTS) is 1. The maximum Gasteiger partial charge on any atom is 0.303 e. The predicted molar refractivity (Wildman–Crippen MR) is 43.8 cm³/mol. The van der Waals surface area contributed by atoms with Crippen LogP contribution >= 0.6 is 0 Å². The van der Waals surface area contributed by atoms with Crippen LogP contribution in [0.3, 0.4) is 0 Å². The highest BCUT2D eigenvalue weighted by Gasteiger charge is 2.22. The van der Waals surface area contributed by atoms with E-state index in [2.05, 4.69) is 0 Å². The Morgan fingerprint density at radius 3 is 3.00 bits per heavy atom. The summed E-state index contributed by atoms with van der Waals surface area (Å²) in [5.74, 6) is -0.525. The molecule has 0 aromatic heterocycles. The predicted octanol–water partition coefficient (Wildman–Crippen LogP) is 0.215. The van der Waals surface area contributed by atoms with E-state index in [9.17, 15) is 4.79 Å². The third-order valence-electron chi connectivity index (χ3n) is 2.26. The van der Waals surface area contributed by atoms with E-state index in [0.29, 0.717) is 19.6 Å². The average molecular weight is 173 g/mol. The molecule has 0 unspecified atom stereocenters. The van der Waals surface area contributed by atoms with Crippen LogP contribution in [0, 0.1) is 5.92 Å². The van der Waals surface area contributed by atoms with Crippen molar-refractivity contribution in [3.63, 3.8) is 0 Å². The monoisotopic (exact) mass is 173 g/mol. The molecule has 4 nitrogen and oxygen atoms in total. The topological polar surface area (TPSA) is 72.5 Å². The third-order valence-corrected chi connectivity index (χ3v) is 2.26. The summed E-state index contributed by atoms with van der Waals surface area (Å²) in [6.45, 7) is 1.33. The number of rotatable bonds is 3. The van der Waals surface area contributed by atoms with Crippen molar-refractivity contribution in [2.24, 2.45) is 11.7 Å². The molecule has 4 heteroatoms. The lowest BCUT2D eigenvalue weighted by Crippen LogP contribution is -2.38. The molecule has 1 aliphatic heterocycles. The first kappa shape index (κ1) is 9.48. The lowest BCUT2D eigenvalue weighted by Gasteiger charge is -2.28. The van der Waals surface area contributed by atoms with E-state index in [1.165, 1.54) is 0 Å². The zero-order chi connectivity index (χ0) is 8.97. The first-order chi connectivity index (χ1) is 5.70. The SMILES string of the molecule is N[C@@H]1CCOC[C@@H]1CCC(=O)O. The molecule has 3 N–H and O–H groups in total. The maximum absolute atomic E-state index is 10.3. The van der Waals surface area contributed by atoms with Crippen molar-refractivity contribution in [2.45, 2.75) is 25.3 Å². The Labute approximate surface area is 71.7 Å². The van der Waals surface area contributed by atoms with Gasteiger partial charge in [-0.3, -0.25) is 4.79 Å². The van der Waals surface area contributed by atoms with Crippen molar-refractivity contribution in [1.82, 2.24) is 0 Å². The van der Waals surface area contributed by atoms with Crippen LogP contribution in [0.25, 0.3) is 0 Å². The highest BCUT2D eigenvalue weighted by Crippen LogP contribution is 2.17. The van der Waals surface area contributed by atoms with Crippen molar-refractivity contribution in [2.75, 3.05) is 13.2 Å². The lowest BCUT2D eigenvalue weighted by molar-refractivity contribution is -0.137. The summed E-state index contributed by atoms with van der Waals surface area (Å²) in [5.41, 5.74) is 5.79. The lowest BCUT2D eigenvalue weighted by atomic mass is 9.92. The van der Waals surface area contributed by atoms with Crippen LogP contribution in [0.1, 0.15) is 19.3 Å². The second kappa shape index (κ2) is 4.42. The van der Waals surface area contributed by atoms with E-state index in [0.717, 1.165) is 6.42 Å². The van der Waals surface area contributed by atoms with Gasteiger partial charge >= 0.3 is 5.97 Å². The number of ether oxygens (including phenoxy) is 1. The van der Waals surface area contributed by atoms with Crippen LogP contribution in [0.5, 0.6) is 0 Å². The molecule has 0 aromatic rings.